The van der Waals surface area contributed by atoms with Crippen molar-refractivity contribution in [2.45, 2.75) is 65.6 Å². The van der Waals surface area contributed by atoms with E-state index >= 15 is 0 Å². The highest BCUT2D eigenvalue weighted by Crippen LogP contribution is 2.19. The minimum absolute atomic E-state index is 0.254. The van der Waals surface area contributed by atoms with Gasteiger partial charge < -0.3 is 5.32 Å². The Morgan fingerprint density at radius 1 is 1.19 bits per heavy atom. The summed E-state index contributed by atoms with van der Waals surface area (Å²) in [5, 5.41) is 7.81. The zero-order chi connectivity index (χ0) is 12.0. The zero-order valence-corrected chi connectivity index (χ0v) is 11.0. The van der Waals surface area contributed by atoms with Crippen LogP contribution in [0.4, 0.5) is 0 Å². The van der Waals surface area contributed by atoms with E-state index in [1.165, 1.54) is 0 Å². The SMILES string of the molecule is CCn1ncnc1CNC(CC)(CC)CC. The van der Waals surface area contributed by atoms with E-state index in [1.807, 2.05) is 4.68 Å². The van der Waals surface area contributed by atoms with Crippen LogP contribution in [0.5, 0.6) is 0 Å². The van der Waals surface area contributed by atoms with Gasteiger partial charge in [0.2, 0.25) is 0 Å². The van der Waals surface area contributed by atoms with Gasteiger partial charge in [0.25, 0.3) is 0 Å². The third-order valence-electron chi connectivity index (χ3n) is 3.65. The largest absolute Gasteiger partial charge is 0.304 e. The third-order valence-corrected chi connectivity index (χ3v) is 3.65. The fraction of sp³-hybridized carbons (Fsp3) is 0.833. The van der Waals surface area contributed by atoms with E-state index in [0.717, 1.165) is 38.2 Å². The molecule has 0 saturated carbocycles. The molecule has 0 saturated heterocycles. The first kappa shape index (κ1) is 13.2. The molecular weight excluding hydrogens is 200 g/mol. The first-order chi connectivity index (χ1) is 7.71. The minimum Gasteiger partial charge on any atom is -0.304 e. The van der Waals surface area contributed by atoms with Gasteiger partial charge in [-0.3, -0.25) is 0 Å². The summed E-state index contributed by atoms with van der Waals surface area (Å²) in [5.74, 6) is 1.03. The van der Waals surface area contributed by atoms with Crippen molar-refractivity contribution in [1.29, 1.82) is 0 Å². The van der Waals surface area contributed by atoms with Crippen LogP contribution in [0.25, 0.3) is 0 Å². The molecule has 4 heteroatoms. The molecule has 0 aliphatic rings. The fourth-order valence-electron chi connectivity index (χ4n) is 2.08. The third kappa shape index (κ3) is 2.82. The van der Waals surface area contributed by atoms with Crippen molar-refractivity contribution in [3.63, 3.8) is 0 Å². The van der Waals surface area contributed by atoms with E-state index in [2.05, 4.69) is 43.1 Å². The molecule has 0 amide bonds. The summed E-state index contributed by atoms with van der Waals surface area (Å²) in [4.78, 5) is 4.28. The normalized spacial score (nSPS) is 12.0. The average Bonchev–Trinajstić information content (AvgIpc) is 2.79. The van der Waals surface area contributed by atoms with Crippen molar-refractivity contribution in [1.82, 2.24) is 20.1 Å². The maximum absolute atomic E-state index is 4.28. The predicted molar refractivity (Wildman–Crippen MR) is 66.1 cm³/mol. The molecular formula is C12H24N4. The first-order valence-corrected chi connectivity index (χ1v) is 6.33. The summed E-state index contributed by atoms with van der Waals surface area (Å²) in [6.07, 6.45) is 5.09. The van der Waals surface area contributed by atoms with E-state index in [1.54, 1.807) is 6.33 Å². The Hall–Kier alpha value is -0.900. The molecule has 0 radical (unpaired) electrons. The topological polar surface area (TPSA) is 42.7 Å². The van der Waals surface area contributed by atoms with Crippen LogP contribution in [0, 0.1) is 0 Å². The molecule has 0 aliphatic carbocycles. The molecule has 0 bridgehead atoms. The van der Waals surface area contributed by atoms with Crippen molar-refractivity contribution in [2.75, 3.05) is 0 Å². The average molecular weight is 224 g/mol. The van der Waals surface area contributed by atoms with Gasteiger partial charge >= 0.3 is 0 Å². The van der Waals surface area contributed by atoms with E-state index in [-0.39, 0.29) is 5.54 Å². The summed E-state index contributed by atoms with van der Waals surface area (Å²) >= 11 is 0. The van der Waals surface area contributed by atoms with Crippen LogP contribution in [0.3, 0.4) is 0 Å². The van der Waals surface area contributed by atoms with E-state index in [4.69, 9.17) is 0 Å². The molecule has 0 aliphatic heterocycles. The quantitative estimate of drug-likeness (QED) is 0.773. The Morgan fingerprint density at radius 3 is 2.31 bits per heavy atom. The Balaban J connectivity index is 2.62. The second kappa shape index (κ2) is 5.99. The Bertz CT molecular complexity index is 293. The molecule has 1 heterocycles. The zero-order valence-electron chi connectivity index (χ0n) is 11.0. The van der Waals surface area contributed by atoms with Crippen LogP contribution in [-0.4, -0.2) is 20.3 Å². The van der Waals surface area contributed by atoms with Gasteiger partial charge in [0.15, 0.2) is 0 Å². The van der Waals surface area contributed by atoms with Crippen LogP contribution in [-0.2, 0) is 13.1 Å². The fourth-order valence-corrected chi connectivity index (χ4v) is 2.08. The van der Waals surface area contributed by atoms with E-state index < -0.39 is 0 Å². The lowest BCUT2D eigenvalue weighted by atomic mass is 9.90. The molecule has 1 rings (SSSR count). The lowest BCUT2D eigenvalue weighted by molar-refractivity contribution is 0.283. The molecule has 1 aromatic rings. The number of rotatable bonds is 7. The smallest absolute Gasteiger partial charge is 0.140 e. The van der Waals surface area contributed by atoms with E-state index in [0.29, 0.717) is 0 Å². The second-order valence-electron chi connectivity index (χ2n) is 4.19. The van der Waals surface area contributed by atoms with Crippen LogP contribution in [0.2, 0.25) is 0 Å². The highest BCUT2D eigenvalue weighted by Gasteiger charge is 2.23. The Morgan fingerprint density at radius 2 is 1.81 bits per heavy atom. The first-order valence-electron chi connectivity index (χ1n) is 6.33. The second-order valence-corrected chi connectivity index (χ2v) is 4.19. The lowest BCUT2D eigenvalue weighted by Crippen LogP contribution is -2.43. The van der Waals surface area contributed by atoms with Crippen LogP contribution in [0.1, 0.15) is 52.8 Å². The Kier molecular flexibility index (Phi) is 4.93. The highest BCUT2D eigenvalue weighted by atomic mass is 15.3. The Labute approximate surface area is 98.5 Å². The predicted octanol–water partition coefficient (Wildman–Crippen LogP) is 2.36. The van der Waals surface area contributed by atoms with Crippen molar-refractivity contribution >= 4 is 0 Å². The molecule has 16 heavy (non-hydrogen) atoms. The van der Waals surface area contributed by atoms with Crippen molar-refractivity contribution < 1.29 is 0 Å². The van der Waals surface area contributed by atoms with Gasteiger partial charge in [-0.2, -0.15) is 5.10 Å². The number of nitrogens with one attached hydrogen (secondary N) is 1. The van der Waals surface area contributed by atoms with Gasteiger partial charge in [-0.25, -0.2) is 9.67 Å². The molecule has 92 valence electrons. The van der Waals surface area contributed by atoms with Gasteiger partial charge in [0.1, 0.15) is 12.2 Å². The van der Waals surface area contributed by atoms with Gasteiger partial charge in [-0.15, -0.1) is 0 Å². The summed E-state index contributed by atoms with van der Waals surface area (Å²) < 4.78 is 1.94. The number of aromatic nitrogens is 3. The molecule has 4 nitrogen and oxygen atoms in total. The summed E-state index contributed by atoms with van der Waals surface area (Å²) in [5.41, 5.74) is 0.254. The summed E-state index contributed by atoms with van der Waals surface area (Å²) in [6, 6.07) is 0. The van der Waals surface area contributed by atoms with Crippen LogP contribution < -0.4 is 5.32 Å². The molecule has 1 N–H and O–H groups in total. The minimum atomic E-state index is 0.254. The van der Waals surface area contributed by atoms with Crippen molar-refractivity contribution in [3.8, 4) is 0 Å². The van der Waals surface area contributed by atoms with E-state index in [9.17, 15) is 0 Å². The summed E-state index contributed by atoms with van der Waals surface area (Å²) in [6.45, 7) is 10.5. The molecule has 0 spiro atoms. The molecule has 1 aromatic heterocycles. The lowest BCUT2D eigenvalue weighted by Gasteiger charge is -2.31. The van der Waals surface area contributed by atoms with Crippen LogP contribution in [0.15, 0.2) is 6.33 Å². The molecule has 0 aromatic carbocycles. The standard InChI is InChI=1S/C12H24N4/c1-5-12(6-2,7-3)14-9-11-13-10-15-16(11)8-4/h10,14H,5-9H2,1-4H3. The van der Waals surface area contributed by atoms with Crippen LogP contribution >= 0.6 is 0 Å². The van der Waals surface area contributed by atoms with Gasteiger partial charge in [0.05, 0.1) is 6.54 Å². The maximum atomic E-state index is 4.28. The number of aryl methyl sites for hydroxylation is 1. The highest BCUT2D eigenvalue weighted by molar-refractivity contribution is 4.90. The number of hydrogen-bond donors (Lipinski definition) is 1. The van der Waals surface area contributed by atoms with Gasteiger partial charge in [-0.05, 0) is 26.2 Å². The van der Waals surface area contributed by atoms with Crippen molar-refractivity contribution in [3.05, 3.63) is 12.2 Å². The molecule has 0 atom stereocenters. The number of nitrogens with zero attached hydrogens (tertiary/aromatic N) is 3. The summed E-state index contributed by atoms with van der Waals surface area (Å²) in [7, 11) is 0. The van der Waals surface area contributed by atoms with Crippen molar-refractivity contribution in [2.24, 2.45) is 0 Å². The molecule has 0 unspecified atom stereocenters. The van der Waals surface area contributed by atoms with Gasteiger partial charge in [-0.1, -0.05) is 20.8 Å². The van der Waals surface area contributed by atoms with Gasteiger partial charge in [0, 0.05) is 12.1 Å². The maximum Gasteiger partial charge on any atom is 0.140 e. The number of hydrogen-bond acceptors (Lipinski definition) is 3. The monoisotopic (exact) mass is 224 g/mol. The molecule has 0 fully saturated rings.